The highest BCUT2D eigenvalue weighted by molar-refractivity contribution is 6.36. The maximum Gasteiger partial charge on any atom is 0.393 e. The van der Waals surface area contributed by atoms with Gasteiger partial charge in [-0.2, -0.15) is 13.2 Å². The molecule has 2 nitrogen and oxygen atoms in total. The summed E-state index contributed by atoms with van der Waals surface area (Å²) >= 11 is 11.3. The van der Waals surface area contributed by atoms with Gasteiger partial charge in [0.15, 0.2) is 0 Å². The third kappa shape index (κ3) is 3.84. The van der Waals surface area contributed by atoms with Gasteiger partial charge in [-0.1, -0.05) is 36.0 Å². The zero-order valence-corrected chi connectivity index (χ0v) is 12.8. The predicted molar refractivity (Wildman–Crippen MR) is 75.7 cm³/mol. The van der Waals surface area contributed by atoms with Gasteiger partial charge in [0.1, 0.15) is 5.82 Å². The van der Waals surface area contributed by atoms with Gasteiger partial charge in [-0.3, -0.25) is 4.79 Å². The van der Waals surface area contributed by atoms with E-state index in [1.54, 1.807) is 0 Å². The largest absolute Gasteiger partial charge is 0.393 e. The number of carbonyl (C=O) groups excluding carboxylic acids is 1. The summed E-state index contributed by atoms with van der Waals surface area (Å²) in [6, 6.07) is 0.844. The summed E-state index contributed by atoms with van der Waals surface area (Å²) < 4.78 is 52.4. The lowest BCUT2D eigenvalue weighted by Crippen LogP contribution is -2.47. The van der Waals surface area contributed by atoms with E-state index in [4.69, 9.17) is 23.2 Å². The Hall–Kier alpha value is -1.01. The molecule has 1 aliphatic carbocycles. The average Bonchev–Trinajstić information content (AvgIpc) is 2.42. The minimum absolute atomic E-state index is 0.0306. The Balaban J connectivity index is 2.18. The number of benzene rings is 1. The Morgan fingerprint density at radius 3 is 2.41 bits per heavy atom. The maximum atomic E-state index is 13.4. The van der Waals surface area contributed by atoms with E-state index in [-0.39, 0.29) is 28.5 Å². The SMILES string of the molecule is O=C(N[C@H]1CCCC[C@@H]1C(F)(F)F)c1cc(F)c(Cl)cc1Cl. The Morgan fingerprint density at radius 1 is 1.14 bits per heavy atom. The van der Waals surface area contributed by atoms with Gasteiger partial charge in [-0.05, 0) is 25.0 Å². The van der Waals surface area contributed by atoms with Crippen molar-refractivity contribution in [2.45, 2.75) is 37.9 Å². The maximum absolute atomic E-state index is 13.4. The number of halogens is 6. The van der Waals surface area contributed by atoms with Crippen LogP contribution in [-0.2, 0) is 0 Å². The second kappa shape index (κ2) is 6.62. The van der Waals surface area contributed by atoms with Crippen LogP contribution in [0.4, 0.5) is 17.6 Å². The van der Waals surface area contributed by atoms with Gasteiger partial charge < -0.3 is 5.32 Å². The normalized spacial score (nSPS) is 22.5. The fourth-order valence-corrected chi connectivity index (χ4v) is 3.11. The van der Waals surface area contributed by atoms with Gasteiger partial charge in [-0.25, -0.2) is 4.39 Å². The number of nitrogens with one attached hydrogen (secondary N) is 1. The summed E-state index contributed by atoms with van der Waals surface area (Å²) in [7, 11) is 0. The second-order valence-corrected chi connectivity index (χ2v) is 6.07. The zero-order valence-electron chi connectivity index (χ0n) is 11.3. The molecule has 2 atom stereocenters. The van der Waals surface area contributed by atoms with Gasteiger partial charge in [0.05, 0.1) is 21.5 Å². The molecular weight excluding hydrogens is 345 g/mol. The molecule has 122 valence electrons. The minimum Gasteiger partial charge on any atom is -0.349 e. The molecule has 0 saturated heterocycles. The van der Waals surface area contributed by atoms with Crippen LogP contribution in [0, 0.1) is 11.7 Å². The molecule has 1 aromatic carbocycles. The van der Waals surface area contributed by atoms with E-state index in [0.29, 0.717) is 12.8 Å². The predicted octanol–water partition coefficient (Wildman–Crippen LogP) is 4.98. The third-order valence-electron chi connectivity index (χ3n) is 3.76. The van der Waals surface area contributed by atoms with E-state index in [2.05, 4.69) is 5.32 Å². The van der Waals surface area contributed by atoms with E-state index in [9.17, 15) is 22.4 Å². The summed E-state index contributed by atoms with van der Waals surface area (Å²) in [5.41, 5.74) is -0.227. The van der Waals surface area contributed by atoms with Gasteiger partial charge in [0.25, 0.3) is 5.91 Å². The Kier molecular flexibility index (Phi) is 5.22. The van der Waals surface area contributed by atoms with Crippen molar-refractivity contribution in [3.05, 3.63) is 33.6 Å². The van der Waals surface area contributed by atoms with Gasteiger partial charge in [-0.15, -0.1) is 0 Å². The summed E-state index contributed by atoms with van der Waals surface area (Å²) in [5, 5.41) is 1.96. The zero-order chi connectivity index (χ0) is 16.5. The molecule has 0 unspecified atom stereocenters. The molecule has 1 fully saturated rings. The molecule has 0 aromatic heterocycles. The first kappa shape index (κ1) is 17.3. The Labute approximate surface area is 134 Å². The quantitative estimate of drug-likeness (QED) is 0.586. The molecule has 0 radical (unpaired) electrons. The van der Waals surface area contributed by atoms with E-state index in [1.807, 2.05) is 0 Å². The lowest BCUT2D eigenvalue weighted by molar-refractivity contribution is -0.187. The first-order valence-electron chi connectivity index (χ1n) is 6.72. The number of amides is 1. The van der Waals surface area contributed by atoms with Crippen molar-refractivity contribution in [1.82, 2.24) is 5.32 Å². The summed E-state index contributed by atoms with van der Waals surface area (Å²) in [6.07, 6.45) is -3.12. The summed E-state index contributed by atoms with van der Waals surface area (Å²) in [6.45, 7) is 0. The first-order valence-corrected chi connectivity index (χ1v) is 7.48. The third-order valence-corrected chi connectivity index (χ3v) is 4.36. The molecule has 1 amide bonds. The fourth-order valence-electron chi connectivity index (χ4n) is 2.64. The number of alkyl halides is 3. The van der Waals surface area contributed by atoms with Gasteiger partial charge in [0.2, 0.25) is 0 Å². The Bertz CT molecular complexity index is 577. The fraction of sp³-hybridized carbons (Fsp3) is 0.500. The van der Waals surface area contributed by atoms with E-state index < -0.39 is 29.9 Å². The highest BCUT2D eigenvalue weighted by atomic mass is 35.5. The number of hydrogen-bond donors (Lipinski definition) is 1. The summed E-state index contributed by atoms with van der Waals surface area (Å²) in [5.74, 6) is -3.28. The molecule has 1 N–H and O–H groups in total. The molecule has 1 saturated carbocycles. The topological polar surface area (TPSA) is 29.1 Å². The molecule has 1 aliphatic rings. The molecule has 8 heteroatoms. The number of hydrogen-bond acceptors (Lipinski definition) is 1. The molecule has 1 aromatic rings. The minimum atomic E-state index is -4.38. The smallest absolute Gasteiger partial charge is 0.349 e. The lowest BCUT2D eigenvalue weighted by atomic mass is 9.84. The highest BCUT2D eigenvalue weighted by Crippen LogP contribution is 2.38. The molecule has 22 heavy (non-hydrogen) atoms. The molecular formula is C14H13Cl2F4NO. The van der Waals surface area contributed by atoms with Crippen LogP contribution in [0.3, 0.4) is 0 Å². The van der Waals surface area contributed by atoms with Crippen molar-refractivity contribution in [3.63, 3.8) is 0 Å². The van der Waals surface area contributed by atoms with Gasteiger partial charge in [0, 0.05) is 6.04 Å². The van der Waals surface area contributed by atoms with Crippen LogP contribution in [0.5, 0.6) is 0 Å². The van der Waals surface area contributed by atoms with E-state index in [1.165, 1.54) is 0 Å². The molecule has 0 heterocycles. The van der Waals surface area contributed by atoms with E-state index in [0.717, 1.165) is 12.1 Å². The second-order valence-electron chi connectivity index (χ2n) is 5.26. The molecule has 0 bridgehead atoms. The van der Waals surface area contributed by atoms with Crippen molar-refractivity contribution in [2.24, 2.45) is 5.92 Å². The van der Waals surface area contributed by atoms with Crippen molar-refractivity contribution in [3.8, 4) is 0 Å². The van der Waals surface area contributed by atoms with Crippen LogP contribution in [0.25, 0.3) is 0 Å². The lowest BCUT2D eigenvalue weighted by Gasteiger charge is -2.33. The van der Waals surface area contributed by atoms with Crippen LogP contribution < -0.4 is 5.32 Å². The van der Waals surface area contributed by atoms with Gasteiger partial charge >= 0.3 is 6.18 Å². The number of carbonyl (C=O) groups is 1. The van der Waals surface area contributed by atoms with Crippen LogP contribution in [-0.4, -0.2) is 18.1 Å². The van der Waals surface area contributed by atoms with Crippen molar-refractivity contribution < 1.29 is 22.4 Å². The highest BCUT2D eigenvalue weighted by Gasteiger charge is 2.46. The number of rotatable bonds is 2. The van der Waals surface area contributed by atoms with Crippen LogP contribution in [0.2, 0.25) is 10.0 Å². The average molecular weight is 358 g/mol. The molecule has 0 spiro atoms. The van der Waals surface area contributed by atoms with Crippen LogP contribution >= 0.6 is 23.2 Å². The monoisotopic (exact) mass is 357 g/mol. The Morgan fingerprint density at radius 2 is 1.77 bits per heavy atom. The molecule has 0 aliphatic heterocycles. The van der Waals surface area contributed by atoms with Crippen molar-refractivity contribution in [2.75, 3.05) is 0 Å². The van der Waals surface area contributed by atoms with Crippen molar-refractivity contribution in [1.29, 1.82) is 0 Å². The van der Waals surface area contributed by atoms with Crippen LogP contribution in [0.15, 0.2) is 12.1 Å². The first-order chi connectivity index (χ1) is 10.2. The van der Waals surface area contributed by atoms with Crippen LogP contribution in [0.1, 0.15) is 36.0 Å². The van der Waals surface area contributed by atoms with Crippen molar-refractivity contribution >= 4 is 29.1 Å². The molecule has 2 rings (SSSR count). The standard InChI is InChI=1S/C14H13Cl2F4NO/c15-9-6-10(16)11(17)5-7(9)13(22)21-12-4-2-1-3-8(12)14(18,19)20/h5-6,8,12H,1-4H2,(H,21,22)/t8-,12-/m0/s1. The van der Waals surface area contributed by atoms with E-state index >= 15 is 0 Å². The summed E-state index contributed by atoms with van der Waals surface area (Å²) in [4.78, 5) is 12.1.